The Morgan fingerprint density at radius 2 is 1.72 bits per heavy atom. The summed E-state index contributed by atoms with van der Waals surface area (Å²) >= 11 is 6.03. The Labute approximate surface area is 112 Å². The summed E-state index contributed by atoms with van der Waals surface area (Å²) in [6.07, 6.45) is 1.04. The van der Waals surface area contributed by atoms with Crippen LogP contribution in [0.15, 0.2) is 42.5 Å². The predicted molar refractivity (Wildman–Crippen MR) is 76.0 cm³/mol. The molecule has 0 amide bonds. The predicted octanol–water partition coefficient (Wildman–Crippen LogP) is 4.06. The van der Waals surface area contributed by atoms with E-state index in [0.717, 1.165) is 12.0 Å². The van der Waals surface area contributed by atoms with E-state index in [1.54, 1.807) is 18.2 Å². The molecule has 2 rings (SSSR count). The highest BCUT2D eigenvalue weighted by atomic mass is 35.5. The van der Waals surface area contributed by atoms with Gasteiger partial charge < -0.3 is 10.5 Å². The first-order valence-corrected chi connectivity index (χ1v) is 6.32. The monoisotopic (exact) mass is 261 g/mol. The molecule has 0 radical (unpaired) electrons. The van der Waals surface area contributed by atoms with Crippen molar-refractivity contribution in [2.75, 3.05) is 5.73 Å². The molecule has 0 fully saturated rings. The number of ether oxygens (including phenoxy) is 1. The molecular weight excluding hydrogens is 246 g/mol. The van der Waals surface area contributed by atoms with E-state index in [2.05, 4.69) is 31.2 Å². The number of halogens is 1. The van der Waals surface area contributed by atoms with Gasteiger partial charge in [-0.05, 0) is 29.7 Å². The van der Waals surface area contributed by atoms with Crippen LogP contribution in [-0.2, 0) is 13.0 Å². The molecule has 94 valence electrons. The Morgan fingerprint density at radius 3 is 2.39 bits per heavy atom. The van der Waals surface area contributed by atoms with E-state index in [1.165, 1.54) is 5.56 Å². The van der Waals surface area contributed by atoms with Gasteiger partial charge in [-0.2, -0.15) is 0 Å². The molecule has 2 aromatic carbocycles. The van der Waals surface area contributed by atoms with Crippen LogP contribution in [0.25, 0.3) is 0 Å². The van der Waals surface area contributed by atoms with E-state index in [-0.39, 0.29) is 0 Å². The van der Waals surface area contributed by atoms with E-state index in [0.29, 0.717) is 23.1 Å². The van der Waals surface area contributed by atoms with Crippen LogP contribution in [0.2, 0.25) is 5.02 Å². The van der Waals surface area contributed by atoms with Crippen LogP contribution in [0.1, 0.15) is 18.1 Å². The van der Waals surface area contributed by atoms with Crippen molar-refractivity contribution in [2.45, 2.75) is 20.0 Å². The van der Waals surface area contributed by atoms with Gasteiger partial charge >= 0.3 is 0 Å². The average molecular weight is 262 g/mol. The molecule has 0 spiro atoms. The van der Waals surface area contributed by atoms with Gasteiger partial charge in [0.25, 0.3) is 0 Å². The summed E-state index contributed by atoms with van der Waals surface area (Å²) in [7, 11) is 0. The molecule has 2 aromatic rings. The van der Waals surface area contributed by atoms with Gasteiger partial charge in [-0.1, -0.05) is 42.8 Å². The number of hydrogen-bond donors (Lipinski definition) is 1. The second-order valence-electron chi connectivity index (χ2n) is 4.15. The highest BCUT2D eigenvalue weighted by Crippen LogP contribution is 2.27. The first kappa shape index (κ1) is 12.8. The van der Waals surface area contributed by atoms with Gasteiger partial charge in [-0.25, -0.2) is 0 Å². The second-order valence-corrected chi connectivity index (χ2v) is 4.56. The van der Waals surface area contributed by atoms with Crippen molar-refractivity contribution in [3.05, 3.63) is 58.6 Å². The van der Waals surface area contributed by atoms with Crippen LogP contribution in [-0.4, -0.2) is 0 Å². The lowest BCUT2D eigenvalue weighted by Crippen LogP contribution is -1.97. The minimum Gasteiger partial charge on any atom is -0.487 e. The number of hydrogen-bond acceptors (Lipinski definition) is 2. The van der Waals surface area contributed by atoms with Gasteiger partial charge in [0.2, 0.25) is 0 Å². The van der Waals surface area contributed by atoms with Crippen molar-refractivity contribution >= 4 is 17.3 Å². The zero-order chi connectivity index (χ0) is 13.0. The molecule has 0 aliphatic rings. The Bertz CT molecular complexity index is 523. The van der Waals surface area contributed by atoms with Crippen LogP contribution in [0.5, 0.6) is 5.75 Å². The Hall–Kier alpha value is -1.67. The summed E-state index contributed by atoms with van der Waals surface area (Å²) < 4.78 is 5.67. The summed E-state index contributed by atoms with van der Waals surface area (Å²) in [5.74, 6) is 0.622. The Morgan fingerprint density at radius 1 is 1.06 bits per heavy atom. The van der Waals surface area contributed by atoms with Gasteiger partial charge in [-0.15, -0.1) is 0 Å². The minimum absolute atomic E-state index is 0.493. The quantitative estimate of drug-likeness (QED) is 0.843. The smallest absolute Gasteiger partial charge is 0.140 e. The summed E-state index contributed by atoms with van der Waals surface area (Å²) in [6.45, 7) is 2.63. The fourth-order valence-corrected chi connectivity index (χ4v) is 1.83. The van der Waals surface area contributed by atoms with Crippen LogP contribution in [0.4, 0.5) is 5.69 Å². The highest BCUT2D eigenvalue weighted by Gasteiger charge is 2.02. The first-order chi connectivity index (χ1) is 8.69. The molecule has 0 atom stereocenters. The van der Waals surface area contributed by atoms with Crippen LogP contribution in [0, 0.1) is 0 Å². The number of aryl methyl sites for hydroxylation is 1. The van der Waals surface area contributed by atoms with Crippen molar-refractivity contribution in [3.8, 4) is 5.75 Å². The zero-order valence-corrected chi connectivity index (χ0v) is 11.1. The summed E-state index contributed by atoms with van der Waals surface area (Å²) in [6, 6.07) is 13.6. The molecule has 0 aliphatic carbocycles. The van der Waals surface area contributed by atoms with E-state index in [1.807, 2.05) is 0 Å². The summed E-state index contributed by atoms with van der Waals surface area (Å²) in [4.78, 5) is 0. The van der Waals surface area contributed by atoms with E-state index in [9.17, 15) is 0 Å². The van der Waals surface area contributed by atoms with Crippen LogP contribution < -0.4 is 10.5 Å². The highest BCUT2D eigenvalue weighted by molar-refractivity contribution is 6.32. The van der Waals surface area contributed by atoms with Gasteiger partial charge in [0, 0.05) is 11.8 Å². The molecule has 2 N–H and O–H groups in total. The number of anilines is 1. The Kier molecular flexibility index (Phi) is 4.11. The van der Waals surface area contributed by atoms with E-state index < -0.39 is 0 Å². The molecule has 0 heterocycles. The van der Waals surface area contributed by atoms with Crippen molar-refractivity contribution < 1.29 is 4.74 Å². The number of rotatable bonds is 4. The molecule has 2 nitrogen and oxygen atoms in total. The molecule has 18 heavy (non-hydrogen) atoms. The molecule has 0 bridgehead atoms. The maximum Gasteiger partial charge on any atom is 0.140 e. The van der Waals surface area contributed by atoms with E-state index >= 15 is 0 Å². The van der Waals surface area contributed by atoms with Gasteiger partial charge in [0.15, 0.2) is 0 Å². The van der Waals surface area contributed by atoms with Gasteiger partial charge in [-0.3, -0.25) is 0 Å². The van der Waals surface area contributed by atoms with Crippen LogP contribution >= 0.6 is 11.6 Å². The third-order valence-corrected chi connectivity index (χ3v) is 3.09. The van der Waals surface area contributed by atoms with Crippen molar-refractivity contribution in [1.29, 1.82) is 0 Å². The largest absolute Gasteiger partial charge is 0.487 e. The zero-order valence-electron chi connectivity index (χ0n) is 10.3. The Balaban J connectivity index is 2.04. The standard InChI is InChI=1S/C15H16ClNO/c1-2-11-3-5-12(6-4-11)10-18-15-9-13(17)7-8-14(15)16/h3-9H,2,10,17H2,1H3. The summed E-state index contributed by atoms with van der Waals surface area (Å²) in [5.41, 5.74) is 8.78. The SMILES string of the molecule is CCc1ccc(COc2cc(N)ccc2Cl)cc1. The molecule has 0 saturated heterocycles. The maximum atomic E-state index is 6.03. The van der Waals surface area contributed by atoms with Gasteiger partial charge in [0.1, 0.15) is 12.4 Å². The molecule has 0 unspecified atom stereocenters. The molecule has 0 aromatic heterocycles. The average Bonchev–Trinajstić information content (AvgIpc) is 2.40. The first-order valence-electron chi connectivity index (χ1n) is 5.94. The molecule has 3 heteroatoms. The lowest BCUT2D eigenvalue weighted by molar-refractivity contribution is 0.306. The van der Waals surface area contributed by atoms with E-state index in [4.69, 9.17) is 22.1 Å². The van der Waals surface area contributed by atoms with Crippen molar-refractivity contribution in [2.24, 2.45) is 0 Å². The maximum absolute atomic E-state index is 6.03. The molecule has 0 aliphatic heterocycles. The minimum atomic E-state index is 0.493. The lowest BCUT2D eigenvalue weighted by Gasteiger charge is -2.09. The number of nitrogen functional groups attached to an aromatic ring is 1. The molecular formula is C15H16ClNO. The third kappa shape index (κ3) is 3.17. The fourth-order valence-electron chi connectivity index (χ4n) is 1.66. The van der Waals surface area contributed by atoms with Crippen molar-refractivity contribution in [1.82, 2.24) is 0 Å². The van der Waals surface area contributed by atoms with Crippen molar-refractivity contribution in [3.63, 3.8) is 0 Å². The number of nitrogens with two attached hydrogens (primary N) is 1. The summed E-state index contributed by atoms with van der Waals surface area (Å²) in [5, 5.41) is 0.578. The van der Waals surface area contributed by atoms with Crippen LogP contribution in [0.3, 0.4) is 0 Å². The molecule has 0 saturated carbocycles. The topological polar surface area (TPSA) is 35.2 Å². The third-order valence-electron chi connectivity index (χ3n) is 2.78. The lowest BCUT2D eigenvalue weighted by atomic mass is 10.1. The number of benzene rings is 2. The second kappa shape index (κ2) is 5.78. The fraction of sp³-hybridized carbons (Fsp3) is 0.200. The normalized spacial score (nSPS) is 10.3. The van der Waals surface area contributed by atoms with Gasteiger partial charge in [0.05, 0.1) is 5.02 Å².